The summed E-state index contributed by atoms with van der Waals surface area (Å²) in [7, 11) is 0. The number of hydrogen-bond donors (Lipinski definition) is 1. The van der Waals surface area contributed by atoms with Crippen molar-refractivity contribution in [2.45, 2.75) is 13.8 Å². The number of ether oxygens (including phenoxy) is 1. The van der Waals surface area contributed by atoms with Gasteiger partial charge in [0, 0.05) is 5.69 Å². The monoisotopic (exact) mass is 295 g/mol. The predicted molar refractivity (Wildman–Crippen MR) is 72.2 cm³/mol. The van der Waals surface area contributed by atoms with E-state index in [1.807, 2.05) is 0 Å². The molecular formula is C14H11ClFNO3. The van der Waals surface area contributed by atoms with Crippen LogP contribution >= 0.6 is 11.6 Å². The van der Waals surface area contributed by atoms with E-state index in [0.717, 1.165) is 6.07 Å². The van der Waals surface area contributed by atoms with Crippen molar-refractivity contribution in [3.63, 3.8) is 0 Å². The Morgan fingerprint density at radius 3 is 2.65 bits per heavy atom. The maximum atomic E-state index is 13.0. The summed E-state index contributed by atoms with van der Waals surface area (Å²) in [5, 5.41) is 9.26. The average Bonchev–Trinajstić information content (AvgIpc) is 2.31. The van der Waals surface area contributed by atoms with E-state index < -0.39 is 11.8 Å². The topological polar surface area (TPSA) is 59.4 Å². The van der Waals surface area contributed by atoms with E-state index in [0.29, 0.717) is 11.3 Å². The predicted octanol–water partition coefficient (Wildman–Crippen LogP) is 3.98. The van der Waals surface area contributed by atoms with Crippen molar-refractivity contribution in [2.24, 2.45) is 0 Å². The number of benzene rings is 1. The Bertz CT molecular complexity index is 688. The Labute approximate surface area is 119 Å². The van der Waals surface area contributed by atoms with Gasteiger partial charge in [0.2, 0.25) is 5.88 Å². The molecule has 0 aliphatic rings. The zero-order chi connectivity index (χ0) is 14.9. The van der Waals surface area contributed by atoms with Crippen LogP contribution in [0, 0.1) is 19.7 Å². The first kappa shape index (κ1) is 14.3. The molecule has 0 amide bonds. The Balaban J connectivity index is 2.50. The van der Waals surface area contributed by atoms with Gasteiger partial charge >= 0.3 is 5.97 Å². The summed E-state index contributed by atoms with van der Waals surface area (Å²) in [6, 6.07) is 5.22. The normalized spacial score (nSPS) is 10.4. The fourth-order valence-corrected chi connectivity index (χ4v) is 2.00. The van der Waals surface area contributed by atoms with E-state index in [2.05, 4.69) is 4.98 Å². The van der Waals surface area contributed by atoms with Gasteiger partial charge in [-0.3, -0.25) is 0 Å². The quantitative estimate of drug-likeness (QED) is 0.930. The third-order valence-corrected chi connectivity index (χ3v) is 2.92. The van der Waals surface area contributed by atoms with E-state index in [1.165, 1.54) is 12.1 Å². The zero-order valence-corrected chi connectivity index (χ0v) is 11.5. The van der Waals surface area contributed by atoms with Crippen molar-refractivity contribution in [1.29, 1.82) is 0 Å². The molecule has 0 radical (unpaired) electrons. The van der Waals surface area contributed by atoms with Gasteiger partial charge in [-0.2, -0.15) is 0 Å². The summed E-state index contributed by atoms with van der Waals surface area (Å²) in [5.41, 5.74) is 1.09. The molecule has 4 nitrogen and oxygen atoms in total. The summed E-state index contributed by atoms with van der Waals surface area (Å²) in [4.78, 5) is 15.3. The van der Waals surface area contributed by atoms with Crippen LogP contribution in [0.4, 0.5) is 4.39 Å². The van der Waals surface area contributed by atoms with Gasteiger partial charge in [0.15, 0.2) is 0 Å². The van der Waals surface area contributed by atoms with Crippen LogP contribution in [0.15, 0.2) is 24.3 Å². The van der Waals surface area contributed by atoms with E-state index in [1.54, 1.807) is 19.9 Å². The molecule has 0 spiro atoms. The van der Waals surface area contributed by atoms with E-state index >= 15 is 0 Å². The molecule has 0 fully saturated rings. The third kappa shape index (κ3) is 2.88. The lowest BCUT2D eigenvalue weighted by atomic mass is 10.1. The van der Waals surface area contributed by atoms with Crippen LogP contribution in [0.1, 0.15) is 21.6 Å². The molecule has 0 aliphatic carbocycles. The highest BCUT2D eigenvalue weighted by atomic mass is 35.5. The Morgan fingerprint density at radius 1 is 1.35 bits per heavy atom. The van der Waals surface area contributed by atoms with E-state index in [-0.39, 0.29) is 22.2 Å². The van der Waals surface area contributed by atoms with Crippen LogP contribution in [0.25, 0.3) is 0 Å². The third-order valence-electron chi connectivity index (χ3n) is 2.63. The molecule has 2 aromatic rings. The largest absolute Gasteiger partial charge is 0.477 e. The van der Waals surface area contributed by atoms with Gasteiger partial charge < -0.3 is 9.84 Å². The molecule has 0 aliphatic heterocycles. The highest BCUT2D eigenvalue weighted by Crippen LogP contribution is 2.31. The summed E-state index contributed by atoms with van der Waals surface area (Å²) in [6.07, 6.45) is 0. The number of carboxylic acid groups (broad SMARTS) is 1. The number of carbonyl (C=O) groups is 1. The first-order valence-corrected chi connectivity index (χ1v) is 6.10. The minimum absolute atomic E-state index is 0.0438. The number of rotatable bonds is 3. The molecule has 0 unspecified atom stereocenters. The number of aromatic nitrogens is 1. The van der Waals surface area contributed by atoms with E-state index in [9.17, 15) is 14.3 Å². The molecule has 0 bridgehead atoms. The second-order valence-electron chi connectivity index (χ2n) is 4.24. The maximum absolute atomic E-state index is 13.0. The molecule has 0 saturated carbocycles. The van der Waals surface area contributed by atoms with Gasteiger partial charge in [0.1, 0.15) is 17.1 Å². The van der Waals surface area contributed by atoms with Crippen LogP contribution in [0.5, 0.6) is 11.6 Å². The minimum Gasteiger partial charge on any atom is -0.477 e. The van der Waals surface area contributed by atoms with E-state index in [4.69, 9.17) is 16.3 Å². The van der Waals surface area contributed by atoms with Crippen LogP contribution in [-0.2, 0) is 0 Å². The number of halogens is 2. The molecule has 0 saturated heterocycles. The molecule has 20 heavy (non-hydrogen) atoms. The van der Waals surface area contributed by atoms with Gasteiger partial charge in [0.05, 0.1) is 5.02 Å². The second kappa shape index (κ2) is 5.46. The van der Waals surface area contributed by atoms with Crippen molar-refractivity contribution in [2.75, 3.05) is 0 Å². The molecule has 0 atom stereocenters. The minimum atomic E-state index is -1.15. The lowest BCUT2D eigenvalue weighted by molar-refractivity contribution is 0.0692. The summed E-state index contributed by atoms with van der Waals surface area (Å²) >= 11 is 5.85. The summed E-state index contributed by atoms with van der Waals surface area (Å²) in [6.45, 7) is 3.37. The van der Waals surface area contributed by atoms with Crippen LogP contribution in [-0.4, -0.2) is 16.1 Å². The van der Waals surface area contributed by atoms with Crippen LogP contribution in [0.3, 0.4) is 0 Å². The van der Waals surface area contributed by atoms with Gasteiger partial charge in [-0.1, -0.05) is 11.6 Å². The van der Waals surface area contributed by atoms with Crippen molar-refractivity contribution >= 4 is 17.6 Å². The Hall–Kier alpha value is -2.14. The molecular weight excluding hydrogens is 285 g/mol. The SMILES string of the molecule is Cc1cc(C)c(C(=O)O)c(Oc2ccc(F)cc2Cl)n1. The number of pyridine rings is 1. The van der Waals surface area contributed by atoms with Crippen molar-refractivity contribution in [3.8, 4) is 11.6 Å². The zero-order valence-electron chi connectivity index (χ0n) is 10.8. The molecule has 1 heterocycles. The Kier molecular flexibility index (Phi) is 3.90. The maximum Gasteiger partial charge on any atom is 0.341 e. The summed E-state index contributed by atoms with van der Waals surface area (Å²) < 4.78 is 18.4. The number of carboxylic acids is 1. The first-order chi connectivity index (χ1) is 9.38. The highest BCUT2D eigenvalue weighted by Gasteiger charge is 2.18. The summed E-state index contributed by atoms with van der Waals surface area (Å²) in [5.74, 6) is -1.58. The fraction of sp³-hybridized carbons (Fsp3) is 0.143. The lowest BCUT2D eigenvalue weighted by Crippen LogP contribution is -2.06. The fourth-order valence-electron chi connectivity index (χ4n) is 1.80. The van der Waals surface area contributed by atoms with Gasteiger partial charge in [-0.25, -0.2) is 14.2 Å². The molecule has 1 aromatic carbocycles. The van der Waals surface area contributed by atoms with Crippen LogP contribution < -0.4 is 4.74 Å². The molecule has 1 N–H and O–H groups in total. The van der Waals surface area contributed by atoms with Gasteiger partial charge in [-0.05, 0) is 43.7 Å². The van der Waals surface area contributed by atoms with Gasteiger partial charge in [-0.15, -0.1) is 0 Å². The number of aromatic carboxylic acids is 1. The number of hydrogen-bond acceptors (Lipinski definition) is 3. The first-order valence-electron chi connectivity index (χ1n) is 5.73. The van der Waals surface area contributed by atoms with Crippen LogP contribution in [0.2, 0.25) is 5.02 Å². The van der Waals surface area contributed by atoms with Crippen molar-refractivity contribution < 1.29 is 19.0 Å². The second-order valence-corrected chi connectivity index (χ2v) is 4.65. The van der Waals surface area contributed by atoms with Crippen molar-refractivity contribution in [1.82, 2.24) is 4.98 Å². The smallest absolute Gasteiger partial charge is 0.341 e. The number of nitrogens with zero attached hydrogens (tertiary/aromatic N) is 1. The van der Waals surface area contributed by atoms with Gasteiger partial charge in [0.25, 0.3) is 0 Å². The molecule has 2 rings (SSSR count). The highest BCUT2D eigenvalue weighted by molar-refractivity contribution is 6.32. The molecule has 6 heteroatoms. The Morgan fingerprint density at radius 2 is 2.05 bits per heavy atom. The number of aryl methyl sites for hydroxylation is 2. The van der Waals surface area contributed by atoms with Crippen molar-refractivity contribution in [3.05, 3.63) is 51.9 Å². The lowest BCUT2D eigenvalue weighted by Gasteiger charge is -2.11. The standard InChI is InChI=1S/C14H11ClFNO3/c1-7-5-8(2)17-13(12(7)14(18)19)20-11-4-3-9(16)6-10(11)15/h3-6H,1-2H3,(H,18,19). The molecule has 104 valence electrons. The average molecular weight is 296 g/mol. The molecule has 1 aromatic heterocycles.